The molecule has 1 aromatic carbocycles. The summed E-state index contributed by atoms with van der Waals surface area (Å²) in [6.45, 7) is 0. The van der Waals surface area contributed by atoms with Crippen molar-refractivity contribution in [3.63, 3.8) is 0 Å². The summed E-state index contributed by atoms with van der Waals surface area (Å²) in [6, 6.07) is 8.23. The van der Waals surface area contributed by atoms with Gasteiger partial charge in [0.15, 0.2) is 0 Å². The summed E-state index contributed by atoms with van der Waals surface area (Å²) in [4.78, 5) is 28.7. The van der Waals surface area contributed by atoms with Crippen LogP contribution in [0.15, 0.2) is 36.5 Å². The van der Waals surface area contributed by atoms with E-state index in [9.17, 15) is 9.59 Å². The van der Waals surface area contributed by atoms with Gasteiger partial charge in [-0.1, -0.05) is 42.1 Å². The molecule has 25 heavy (non-hydrogen) atoms. The van der Waals surface area contributed by atoms with E-state index in [1.165, 1.54) is 12.3 Å². The maximum Gasteiger partial charge on any atom is 0.274 e. The Bertz CT molecular complexity index is 805. The first-order chi connectivity index (χ1) is 12.0. The molecule has 1 aliphatic rings. The van der Waals surface area contributed by atoms with Gasteiger partial charge in [-0.3, -0.25) is 14.6 Å². The SMILES string of the molecule is O=C(NC1CCCC1)c1ccnc(C(=O)Nc2cccc(Cl)c2Cl)c1. The third-order valence-corrected chi connectivity index (χ3v) is 4.96. The summed E-state index contributed by atoms with van der Waals surface area (Å²) in [5.41, 5.74) is 0.932. The molecule has 0 saturated heterocycles. The second-order valence-corrected chi connectivity index (χ2v) is 6.73. The number of amides is 2. The minimum Gasteiger partial charge on any atom is -0.349 e. The van der Waals surface area contributed by atoms with Gasteiger partial charge in [0.2, 0.25) is 0 Å². The molecule has 2 N–H and O–H groups in total. The molecule has 0 atom stereocenters. The van der Waals surface area contributed by atoms with Gasteiger partial charge in [0, 0.05) is 17.8 Å². The van der Waals surface area contributed by atoms with E-state index >= 15 is 0 Å². The molecule has 2 amide bonds. The highest BCUT2D eigenvalue weighted by atomic mass is 35.5. The monoisotopic (exact) mass is 377 g/mol. The average Bonchev–Trinajstić information content (AvgIpc) is 3.12. The fourth-order valence-corrected chi connectivity index (χ4v) is 3.17. The van der Waals surface area contributed by atoms with Crippen molar-refractivity contribution in [1.82, 2.24) is 10.3 Å². The number of carbonyl (C=O) groups excluding carboxylic acids is 2. The molecular formula is C18H17Cl2N3O2. The number of carbonyl (C=O) groups is 2. The van der Waals surface area contributed by atoms with Crippen LogP contribution >= 0.6 is 23.2 Å². The van der Waals surface area contributed by atoms with Crippen LogP contribution in [0, 0.1) is 0 Å². The Labute approximate surface area is 155 Å². The molecule has 2 aromatic rings. The zero-order chi connectivity index (χ0) is 17.8. The van der Waals surface area contributed by atoms with Crippen LogP contribution in [0.1, 0.15) is 46.5 Å². The van der Waals surface area contributed by atoms with Crippen molar-refractivity contribution < 1.29 is 9.59 Å². The van der Waals surface area contributed by atoms with Gasteiger partial charge in [-0.2, -0.15) is 0 Å². The Hall–Kier alpha value is -2.11. The van der Waals surface area contributed by atoms with Gasteiger partial charge in [-0.05, 0) is 37.1 Å². The number of halogens is 2. The number of hydrogen-bond acceptors (Lipinski definition) is 3. The summed E-state index contributed by atoms with van der Waals surface area (Å²) >= 11 is 12.0. The molecule has 1 saturated carbocycles. The molecule has 130 valence electrons. The zero-order valence-electron chi connectivity index (χ0n) is 13.4. The Balaban J connectivity index is 1.72. The third-order valence-electron chi connectivity index (χ3n) is 4.14. The lowest BCUT2D eigenvalue weighted by Crippen LogP contribution is -2.32. The topological polar surface area (TPSA) is 71.1 Å². The normalized spacial score (nSPS) is 14.3. The van der Waals surface area contributed by atoms with Gasteiger partial charge in [-0.25, -0.2) is 0 Å². The van der Waals surface area contributed by atoms with E-state index in [2.05, 4.69) is 15.6 Å². The number of anilines is 1. The lowest BCUT2D eigenvalue weighted by atomic mass is 10.1. The lowest BCUT2D eigenvalue weighted by molar-refractivity contribution is 0.0937. The van der Waals surface area contributed by atoms with E-state index in [0.29, 0.717) is 16.3 Å². The minimum absolute atomic E-state index is 0.134. The fraction of sp³-hybridized carbons (Fsp3) is 0.278. The molecule has 7 heteroatoms. The highest BCUT2D eigenvalue weighted by molar-refractivity contribution is 6.44. The molecule has 0 spiro atoms. The Morgan fingerprint density at radius 2 is 1.84 bits per heavy atom. The molecule has 1 heterocycles. The van der Waals surface area contributed by atoms with Crippen LogP contribution in [0.3, 0.4) is 0 Å². The Morgan fingerprint density at radius 3 is 2.60 bits per heavy atom. The predicted octanol–water partition coefficient (Wildman–Crippen LogP) is 4.31. The molecule has 1 aromatic heterocycles. The van der Waals surface area contributed by atoms with Gasteiger partial charge >= 0.3 is 0 Å². The van der Waals surface area contributed by atoms with Crippen LogP contribution < -0.4 is 10.6 Å². The largest absolute Gasteiger partial charge is 0.349 e. The molecule has 0 bridgehead atoms. The van der Waals surface area contributed by atoms with Crippen molar-refractivity contribution >= 4 is 40.7 Å². The van der Waals surface area contributed by atoms with Crippen molar-refractivity contribution in [3.8, 4) is 0 Å². The standard InChI is InChI=1S/C18H17Cl2N3O2/c19-13-6-3-7-14(16(13)20)23-18(25)15-10-11(8-9-21-15)17(24)22-12-4-1-2-5-12/h3,6-10,12H,1-2,4-5H2,(H,22,24)(H,23,25). The van der Waals surface area contributed by atoms with E-state index in [0.717, 1.165) is 25.7 Å². The Kier molecular flexibility index (Phi) is 5.56. The van der Waals surface area contributed by atoms with E-state index < -0.39 is 5.91 Å². The van der Waals surface area contributed by atoms with Gasteiger partial charge in [0.1, 0.15) is 5.69 Å². The number of benzene rings is 1. The summed E-state index contributed by atoms with van der Waals surface area (Å²) in [7, 11) is 0. The molecule has 1 aliphatic carbocycles. The van der Waals surface area contributed by atoms with Crippen LogP contribution in [0.5, 0.6) is 0 Å². The van der Waals surface area contributed by atoms with E-state index in [1.807, 2.05) is 0 Å². The van der Waals surface area contributed by atoms with Crippen LogP contribution in [0.4, 0.5) is 5.69 Å². The second kappa shape index (κ2) is 7.85. The number of rotatable bonds is 4. The molecular weight excluding hydrogens is 361 g/mol. The number of nitrogens with zero attached hydrogens (tertiary/aromatic N) is 1. The Morgan fingerprint density at radius 1 is 1.08 bits per heavy atom. The summed E-state index contributed by atoms with van der Waals surface area (Å²) in [6.07, 6.45) is 5.71. The van der Waals surface area contributed by atoms with Gasteiger partial charge in [0.05, 0.1) is 15.7 Å². The molecule has 0 unspecified atom stereocenters. The summed E-state index contributed by atoms with van der Waals surface area (Å²) in [5.74, 6) is -0.649. The van der Waals surface area contributed by atoms with Crippen LogP contribution in [-0.2, 0) is 0 Å². The highest BCUT2D eigenvalue weighted by Gasteiger charge is 2.19. The number of nitrogens with one attached hydrogen (secondary N) is 2. The molecule has 0 aliphatic heterocycles. The van der Waals surface area contributed by atoms with Gasteiger partial charge in [0.25, 0.3) is 11.8 Å². The predicted molar refractivity (Wildman–Crippen MR) is 98.4 cm³/mol. The molecule has 1 fully saturated rings. The van der Waals surface area contributed by atoms with Crippen molar-refractivity contribution in [3.05, 3.63) is 57.8 Å². The maximum absolute atomic E-state index is 12.4. The number of pyridine rings is 1. The first kappa shape index (κ1) is 17.7. The van der Waals surface area contributed by atoms with Gasteiger partial charge in [-0.15, -0.1) is 0 Å². The average molecular weight is 378 g/mol. The quantitative estimate of drug-likeness (QED) is 0.833. The van der Waals surface area contributed by atoms with Crippen LogP contribution in [0.2, 0.25) is 10.0 Å². The minimum atomic E-state index is -0.459. The smallest absolute Gasteiger partial charge is 0.274 e. The third kappa shape index (κ3) is 4.30. The van der Waals surface area contributed by atoms with E-state index in [-0.39, 0.29) is 22.7 Å². The summed E-state index contributed by atoms with van der Waals surface area (Å²) in [5, 5.41) is 6.25. The zero-order valence-corrected chi connectivity index (χ0v) is 14.9. The van der Waals surface area contributed by atoms with E-state index in [1.54, 1.807) is 24.3 Å². The van der Waals surface area contributed by atoms with Crippen molar-refractivity contribution in [2.75, 3.05) is 5.32 Å². The van der Waals surface area contributed by atoms with Crippen molar-refractivity contribution in [2.24, 2.45) is 0 Å². The second-order valence-electron chi connectivity index (χ2n) is 5.94. The number of aromatic nitrogens is 1. The highest BCUT2D eigenvalue weighted by Crippen LogP contribution is 2.29. The molecule has 5 nitrogen and oxygen atoms in total. The first-order valence-electron chi connectivity index (χ1n) is 8.07. The lowest BCUT2D eigenvalue weighted by Gasteiger charge is -2.12. The molecule has 0 radical (unpaired) electrons. The van der Waals surface area contributed by atoms with Crippen LogP contribution in [0.25, 0.3) is 0 Å². The van der Waals surface area contributed by atoms with Gasteiger partial charge < -0.3 is 10.6 Å². The number of hydrogen-bond donors (Lipinski definition) is 2. The maximum atomic E-state index is 12.4. The van der Waals surface area contributed by atoms with Crippen molar-refractivity contribution in [1.29, 1.82) is 0 Å². The first-order valence-corrected chi connectivity index (χ1v) is 8.82. The molecule has 3 rings (SSSR count). The summed E-state index contributed by atoms with van der Waals surface area (Å²) < 4.78 is 0. The van der Waals surface area contributed by atoms with E-state index in [4.69, 9.17) is 23.2 Å². The van der Waals surface area contributed by atoms with Crippen molar-refractivity contribution in [2.45, 2.75) is 31.7 Å². The van der Waals surface area contributed by atoms with Crippen LogP contribution in [-0.4, -0.2) is 22.8 Å². The fourth-order valence-electron chi connectivity index (χ4n) is 2.82.